The van der Waals surface area contributed by atoms with Gasteiger partial charge >= 0.3 is 0 Å². The zero-order valence-electron chi connectivity index (χ0n) is 8.93. The van der Waals surface area contributed by atoms with Crippen molar-refractivity contribution in [2.45, 2.75) is 19.8 Å². The lowest BCUT2D eigenvalue weighted by Crippen LogP contribution is -2.22. The molecule has 0 radical (unpaired) electrons. The molecule has 0 fully saturated rings. The van der Waals surface area contributed by atoms with Crippen LogP contribution in [0.2, 0.25) is 0 Å². The molecule has 80 valence electrons. The molecular weight excluding hydrogens is 188 g/mol. The molecular formula is C13H16O2. The van der Waals surface area contributed by atoms with E-state index in [1.165, 1.54) is 5.56 Å². The van der Waals surface area contributed by atoms with Crippen LogP contribution in [0.5, 0.6) is 0 Å². The summed E-state index contributed by atoms with van der Waals surface area (Å²) in [4.78, 5) is 0. The number of benzene rings is 1. The van der Waals surface area contributed by atoms with Crippen LogP contribution < -0.4 is 0 Å². The summed E-state index contributed by atoms with van der Waals surface area (Å²) in [5.74, 6) is 0.501. The van der Waals surface area contributed by atoms with Crippen molar-refractivity contribution in [1.82, 2.24) is 0 Å². The van der Waals surface area contributed by atoms with E-state index in [0.29, 0.717) is 12.5 Å². The Hall–Kier alpha value is -1.12. The molecule has 1 aromatic rings. The van der Waals surface area contributed by atoms with Gasteiger partial charge in [-0.15, -0.1) is 0 Å². The Kier molecular flexibility index (Phi) is 3.54. The Morgan fingerprint density at radius 1 is 1.27 bits per heavy atom. The van der Waals surface area contributed by atoms with Crippen LogP contribution in [0.15, 0.2) is 42.5 Å². The predicted molar refractivity (Wildman–Crippen MR) is 59.3 cm³/mol. The highest BCUT2D eigenvalue weighted by molar-refractivity contribution is 5.13. The Balaban J connectivity index is 1.82. The first kappa shape index (κ1) is 10.4. The first-order valence-electron chi connectivity index (χ1n) is 5.30. The van der Waals surface area contributed by atoms with E-state index in [4.69, 9.17) is 9.47 Å². The number of hydrogen-bond donors (Lipinski definition) is 0. The van der Waals surface area contributed by atoms with E-state index in [9.17, 15) is 0 Å². The molecule has 0 aliphatic carbocycles. The van der Waals surface area contributed by atoms with Gasteiger partial charge in [-0.2, -0.15) is 0 Å². The minimum Gasteiger partial charge on any atom is -0.348 e. The van der Waals surface area contributed by atoms with E-state index in [-0.39, 0.29) is 6.29 Å². The van der Waals surface area contributed by atoms with Crippen LogP contribution in [0.4, 0.5) is 0 Å². The van der Waals surface area contributed by atoms with Gasteiger partial charge in [-0.1, -0.05) is 43.3 Å². The molecule has 0 spiro atoms. The van der Waals surface area contributed by atoms with Crippen LogP contribution >= 0.6 is 0 Å². The second kappa shape index (κ2) is 5.10. The van der Waals surface area contributed by atoms with Crippen molar-refractivity contribution >= 4 is 0 Å². The van der Waals surface area contributed by atoms with Gasteiger partial charge in [0.2, 0.25) is 0 Å². The largest absolute Gasteiger partial charge is 0.348 e. The van der Waals surface area contributed by atoms with Gasteiger partial charge in [-0.05, 0) is 17.6 Å². The van der Waals surface area contributed by atoms with E-state index in [0.717, 1.165) is 6.61 Å². The highest BCUT2D eigenvalue weighted by Gasteiger charge is 2.12. The molecule has 0 bridgehead atoms. The topological polar surface area (TPSA) is 18.5 Å². The molecule has 1 aliphatic rings. The van der Waals surface area contributed by atoms with Crippen molar-refractivity contribution in [1.29, 1.82) is 0 Å². The van der Waals surface area contributed by atoms with Crippen molar-refractivity contribution < 1.29 is 9.47 Å². The molecule has 0 N–H and O–H groups in total. The normalized spacial score (nSPS) is 25.4. The Bertz CT molecular complexity index is 319. The van der Waals surface area contributed by atoms with Crippen LogP contribution in [0.1, 0.15) is 12.5 Å². The molecule has 0 amide bonds. The van der Waals surface area contributed by atoms with E-state index >= 15 is 0 Å². The molecule has 0 aromatic heterocycles. The van der Waals surface area contributed by atoms with Crippen molar-refractivity contribution in [3.05, 3.63) is 48.0 Å². The summed E-state index contributed by atoms with van der Waals surface area (Å²) in [7, 11) is 0. The minimum absolute atomic E-state index is 0.179. The van der Waals surface area contributed by atoms with Gasteiger partial charge in [0.05, 0.1) is 13.2 Å². The Morgan fingerprint density at radius 3 is 2.73 bits per heavy atom. The van der Waals surface area contributed by atoms with Gasteiger partial charge in [0.25, 0.3) is 0 Å². The average Bonchev–Trinajstić information content (AvgIpc) is 2.30. The van der Waals surface area contributed by atoms with Crippen LogP contribution in [0.3, 0.4) is 0 Å². The number of rotatable bonds is 3. The maximum atomic E-state index is 5.61. The first-order chi connectivity index (χ1) is 7.34. The Labute approximate surface area is 90.5 Å². The molecule has 0 saturated heterocycles. The zero-order valence-corrected chi connectivity index (χ0v) is 8.93. The fraction of sp³-hybridized carbons (Fsp3) is 0.385. The van der Waals surface area contributed by atoms with Crippen LogP contribution in [0, 0.1) is 5.92 Å². The maximum absolute atomic E-state index is 5.61. The average molecular weight is 204 g/mol. The monoisotopic (exact) mass is 204 g/mol. The van der Waals surface area contributed by atoms with Gasteiger partial charge in [0.15, 0.2) is 6.29 Å². The standard InChI is InChI=1S/C13H16O2/c1-11-7-8-13(14-9-11)15-10-12-5-3-2-4-6-12/h2-8,11,13H,9-10H2,1H3/t11-,13+/m0/s1. The molecule has 1 aliphatic heterocycles. The van der Waals surface area contributed by atoms with Gasteiger partial charge in [-0.3, -0.25) is 0 Å². The van der Waals surface area contributed by atoms with Crippen LogP contribution in [0.25, 0.3) is 0 Å². The maximum Gasteiger partial charge on any atom is 0.177 e. The lowest BCUT2D eigenvalue weighted by atomic mass is 10.1. The molecule has 1 aromatic carbocycles. The summed E-state index contributed by atoms with van der Waals surface area (Å²) in [5.41, 5.74) is 1.17. The van der Waals surface area contributed by atoms with Crippen molar-refractivity contribution in [2.75, 3.05) is 6.61 Å². The second-order valence-electron chi connectivity index (χ2n) is 3.86. The molecule has 15 heavy (non-hydrogen) atoms. The third-order valence-corrected chi connectivity index (χ3v) is 2.38. The third-order valence-electron chi connectivity index (χ3n) is 2.38. The lowest BCUT2D eigenvalue weighted by Gasteiger charge is -2.21. The quantitative estimate of drug-likeness (QED) is 0.705. The van der Waals surface area contributed by atoms with Crippen molar-refractivity contribution in [3.63, 3.8) is 0 Å². The summed E-state index contributed by atoms with van der Waals surface area (Å²) in [6.45, 7) is 3.48. The molecule has 0 unspecified atom stereocenters. The molecule has 2 nitrogen and oxygen atoms in total. The predicted octanol–water partition coefficient (Wildman–Crippen LogP) is 2.75. The number of hydrogen-bond acceptors (Lipinski definition) is 2. The highest BCUT2D eigenvalue weighted by Crippen LogP contribution is 2.13. The van der Waals surface area contributed by atoms with Gasteiger partial charge < -0.3 is 9.47 Å². The fourth-order valence-corrected chi connectivity index (χ4v) is 1.49. The molecule has 2 rings (SSSR count). The van der Waals surface area contributed by atoms with Crippen LogP contribution in [-0.2, 0) is 16.1 Å². The van der Waals surface area contributed by atoms with Crippen LogP contribution in [-0.4, -0.2) is 12.9 Å². The number of ether oxygens (including phenoxy) is 2. The summed E-state index contributed by atoms with van der Waals surface area (Å²) < 4.78 is 11.1. The summed E-state index contributed by atoms with van der Waals surface area (Å²) in [6, 6.07) is 10.1. The van der Waals surface area contributed by atoms with Gasteiger partial charge in [-0.25, -0.2) is 0 Å². The zero-order chi connectivity index (χ0) is 10.5. The van der Waals surface area contributed by atoms with Crippen molar-refractivity contribution in [2.24, 2.45) is 5.92 Å². The van der Waals surface area contributed by atoms with E-state index < -0.39 is 0 Å². The molecule has 2 atom stereocenters. The molecule has 2 heteroatoms. The van der Waals surface area contributed by atoms with Crippen molar-refractivity contribution in [3.8, 4) is 0 Å². The molecule has 0 saturated carbocycles. The highest BCUT2D eigenvalue weighted by atomic mass is 16.7. The van der Waals surface area contributed by atoms with Gasteiger partial charge in [0.1, 0.15) is 0 Å². The third kappa shape index (κ3) is 3.18. The summed E-state index contributed by atoms with van der Waals surface area (Å²) >= 11 is 0. The summed E-state index contributed by atoms with van der Waals surface area (Å²) in [5, 5.41) is 0. The summed E-state index contributed by atoms with van der Waals surface area (Å²) in [6.07, 6.45) is 3.94. The molecule has 1 heterocycles. The lowest BCUT2D eigenvalue weighted by molar-refractivity contribution is -0.129. The second-order valence-corrected chi connectivity index (χ2v) is 3.86. The smallest absolute Gasteiger partial charge is 0.177 e. The fourth-order valence-electron chi connectivity index (χ4n) is 1.49. The van der Waals surface area contributed by atoms with E-state index in [1.807, 2.05) is 24.3 Å². The van der Waals surface area contributed by atoms with E-state index in [2.05, 4.69) is 25.1 Å². The van der Waals surface area contributed by atoms with Gasteiger partial charge in [0, 0.05) is 0 Å². The Morgan fingerprint density at radius 2 is 2.07 bits per heavy atom. The minimum atomic E-state index is -0.179. The SMILES string of the molecule is C[C@H]1C=C[C@@H](OCc2ccccc2)OC1. The van der Waals surface area contributed by atoms with E-state index in [1.54, 1.807) is 0 Å². The first-order valence-corrected chi connectivity index (χ1v) is 5.30.